The van der Waals surface area contributed by atoms with Crippen molar-refractivity contribution in [1.82, 2.24) is 9.80 Å². The molecule has 1 saturated carbocycles. The van der Waals surface area contributed by atoms with Gasteiger partial charge in [0.2, 0.25) is 17.7 Å². The molecule has 0 aromatic heterocycles. The second kappa shape index (κ2) is 5.52. The van der Waals surface area contributed by atoms with E-state index < -0.39 is 0 Å². The average Bonchev–Trinajstić information content (AvgIpc) is 2.74. The first-order valence-corrected chi connectivity index (χ1v) is 7.39. The Morgan fingerprint density at radius 1 is 1.05 bits per heavy atom. The summed E-state index contributed by atoms with van der Waals surface area (Å²) in [5.41, 5.74) is 0. The molecule has 6 nitrogen and oxygen atoms in total. The molecule has 2 heterocycles. The molecule has 0 unspecified atom stereocenters. The van der Waals surface area contributed by atoms with E-state index in [1.807, 2.05) is 0 Å². The normalized spacial score (nSPS) is 30.6. The largest absolute Gasteiger partial charge is 0.378 e. The molecular formula is C14H20N2O4. The van der Waals surface area contributed by atoms with E-state index >= 15 is 0 Å². The first-order valence-electron chi connectivity index (χ1n) is 7.39. The second-order valence-corrected chi connectivity index (χ2v) is 5.75. The van der Waals surface area contributed by atoms with Gasteiger partial charge < -0.3 is 9.64 Å². The predicted molar refractivity (Wildman–Crippen MR) is 69.6 cm³/mol. The first-order chi connectivity index (χ1) is 9.68. The summed E-state index contributed by atoms with van der Waals surface area (Å²) in [6.07, 6.45) is 3.59. The fraction of sp³-hybridized carbons (Fsp3) is 0.786. The standard InChI is InChI=1S/C14H20N2O4/c17-12(15-5-7-20-8-6-15)9-16-13(18)10-3-1-2-4-11(10)14(16)19/h10-11H,1-9H2/t10-,11-/m0/s1. The minimum Gasteiger partial charge on any atom is -0.378 e. The lowest BCUT2D eigenvalue weighted by atomic mass is 9.81. The van der Waals surface area contributed by atoms with Crippen molar-refractivity contribution >= 4 is 17.7 Å². The molecule has 2 atom stereocenters. The van der Waals surface area contributed by atoms with Crippen molar-refractivity contribution in [1.29, 1.82) is 0 Å². The maximum absolute atomic E-state index is 12.3. The van der Waals surface area contributed by atoms with E-state index in [0.29, 0.717) is 26.3 Å². The van der Waals surface area contributed by atoms with Crippen LogP contribution in [0.25, 0.3) is 0 Å². The summed E-state index contributed by atoms with van der Waals surface area (Å²) < 4.78 is 5.20. The van der Waals surface area contributed by atoms with E-state index in [1.54, 1.807) is 4.90 Å². The Kier molecular flexibility index (Phi) is 3.74. The molecule has 3 amide bonds. The highest BCUT2D eigenvalue weighted by Crippen LogP contribution is 2.37. The summed E-state index contributed by atoms with van der Waals surface area (Å²) in [5.74, 6) is -0.765. The summed E-state index contributed by atoms with van der Waals surface area (Å²) in [7, 11) is 0. The fourth-order valence-corrected chi connectivity index (χ4v) is 3.43. The molecule has 0 radical (unpaired) electrons. The lowest BCUT2D eigenvalue weighted by Crippen LogP contribution is -2.47. The van der Waals surface area contributed by atoms with Gasteiger partial charge in [0.15, 0.2) is 0 Å². The van der Waals surface area contributed by atoms with Gasteiger partial charge in [-0.15, -0.1) is 0 Å². The molecule has 0 N–H and O–H groups in total. The van der Waals surface area contributed by atoms with E-state index in [-0.39, 0.29) is 36.1 Å². The second-order valence-electron chi connectivity index (χ2n) is 5.75. The quantitative estimate of drug-likeness (QED) is 0.669. The number of amides is 3. The number of imide groups is 1. The van der Waals surface area contributed by atoms with Crippen molar-refractivity contribution in [2.75, 3.05) is 32.8 Å². The third-order valence-corrected chi connectivity index (χ3v) is 4.59. The lowest BCUT2D eigenvalue weighted by Gasteiger charge is -2.28. The minimum atomic E-state index is -0.172. The number of carbonyl (C=O) groups is 3. The van der Waals surface area contributed by atoms with Gasteiger partial charge in [-0.05, 0) is 12.8 Å². The van der Waals surface area contributed by atoms with Crippen LogP contribution in [0.4, 0.5) is 0 Å². The van der Waals surface area contributed by atoms with Crippen LogP contribution < -0.4 is 0 Å². The Bertz CT molecular complexity index is 407. The van der Waals surface area contributed by atoms with Gasteiger partial charge in [0.25, 0.3) is 0 Å². The summed E-state index contributed by atoms with van der Waals surface area (Å²) in [6.45, 7) is 2.05. The Morgan fingerprint density at radius 3 is 2.15 bits per heavy atom. The van der Waals surface area contributed by atoms with Gasteiger partial charge in [-0.25, -0.2) is 0 Å². The Morgan fingerprint density at radius 2 is 1.60 bits per heavy atom. The molecule has 3 fully saturated rings. The van der Waals surface area contributed by atoms with E-state index in [2.05, 4.69) is 0 Å². The number of carbonyl (C=O) groups excluding carboxylic acids is 3. The molecule has 3 rings (SSSR count). The minimum absolute atomic E-state index is 0.0926. The molecule has 1 aliphatic carbocycles. The number of hydrogen-bond donors (Lipinski definition) is 0. The van der Waals surface area contributed by atoms with Crippen molar-refractivity contribution < 1.29 is 19.1 Å². The summed E-state index contributed by atoms with van der Waals surface area (Å²) in [6, 6.07) is 0. The van der Waals surface area contributed by atoms with Crippen molar-refractivity contribution in [3.05, 3.63) is 0 Å². The van der Waals surface area contributed by atoms with Crippen LogP contribution in [0.5, 0.6) is 0 Å². The van der Waals surface area contributed by atoms with Crippen molar-refractivity contribution in [2.24, 2.45) is 11.8 Å². The molecule has 0 spiro atoms. The van der Waals surface area contributed by atoms with Crippen LogP contribution in [-0.4, -0.2) is 60.4 Å². The number of rotatable bonds is 2. The van der Waals surface area contributed by atoms with Gasteiger partial charge in [0.05, 0.1) is 25.0 Å². The van der Waals surface area contributed by atoms with Gasteiger partial charge >= 0.3 is 0 Å². The molecule has 0 aromatic rings. The molecule has 2 aliphatic heterocycles. The first kappa shape index (κ1) is 13.5. The maximum Gasteiger partial charge on any atom is 0.242 e. The average molecular weight is 280 g/mol. The zero-order valence-corrected chi connectivity index (χ0v) is 11.5. The van der Waals surface area contributed by atoms with Crippen molar-refractivity contribution in [3.63, 3.8) is 0 Å². The van der Waals surface area contributed by atoms with Gasteiger partial charge in [0, 0.05) is 13.1 Å². The maximum atomic E-state index is 12.3. The number of fused-ring (bicyclic) bond motifs is 1. The highest BCUT2D eigenvalue weighted by molar-refractivity contribution is 6.07. The number of nitrogens with zero attached hydrogens (tertiary/aromatic N) is 2. The SMILES string of the molecule is O=C(CN1C(=O)[C@H]2CCCC[C@@H]2C1=O)N1CCOCC1. The van der Waals surface area contributed by atoms with Gasteiger partial charge in [-0.2, -0.15) is 0 Å². The van der Waals surface area contributed by atoms with Crippen LogP contribution in [0.2, 0.25) is 0 Å². The summed E-state index contributed by atoms with van der Waals surface area (Å²) in [4.78, 5) is 39.6. The zero-order valence-electron chi connectivity index (χ0n) is 11.5. The molecule has 110 valence electrons. The smallest absolute Gasteiger partial charge is 0.242 e. The number of hydrogen-bond acceptors (Lipinski definition) is 4. The number of ether oxygens (including phenoxy) is 1. The summed E-state index contributed by atoms with van der Waals surface area (Å²) >= 11 is 0. The highest BCUT2D eigenvalue weighted by Gasteiger charge is 2.48. The topological polar surface area (TPSA) is 66.9 Å². The molecule has 20 heavy (non-hydrogen) atoms. The van der Waals surface area contributed by atoms with Crippen molar-refractivity contribution in [3.8, 4) is 0 Å². The summed E-state index contributed by atoms with van der Waals surface area (Å²) in [5, 5.41) is 0. The predicted octanol–water partition coefficient (Wildman–Crippen LogP) is 0.0204. The molecule has 0 aromatic carbocycles. The fourth-order valence-electron chi connectivity index (χ4n) is 3.43. The van der Waals surface area contributed by atoms with Crippen LogP contribution in [-0.2, 0) is 19.1 Å². The van der Waals surface area contributed by atoms with Gasteiger partial charge in [-0.3, -0.25) is 19.3 Å². The van der Waals surface area contributed by atoms with Crippen LogP contribution in [0.1, 0.15) is 25.7 Å². The van der Waals surface area contributed by atoms with E-state index in [0.717, 1.165) is 25.7 Å². The zero-order chi connectivity index (χ0) is 14.1. The third-order valence-electron chi connectivity index (χ3n) is 4.59. The number of morpholine rings is 1. The Hall–Kier alpha value is -1.43. The van der Waals surface area contributed by atoms with Gasteiger partial charge in [0.1, 0.15) is 6.54 Å². The number of likely N-dealkylation sites (tertiary alicyclic amines) is 1. The Labute approximate surface area is 118 Å². The third kappa shape index (κ3) is 2.32. The Balaban J connectivity index is 1.66. The highest BCUT2D eigenvalue weighted by atomic mass is 16.5. The molecule has 3 aliphatic rings. The van der Waals surface area contributed by atoms with E-state index in [9.17, 15) is 14.4 Å². The molecular weight excluding hydrogens is 260 g/mol. The molecule has 0 bridgehead atoms. The lowest BCUT2D eigenvalue weighted by molar-refractivity contribution is -0.148. The van der Waals surface area contributed by atoms with Crippen LogP contribution in [0, 0.1) is 11.8 Å². The van der Waals surface area contributed by atoms with E-state index in [4.69, 9.17) is 4.74 Å². The van der Waals surface area contributed by atoms with Crippen LogP contribution >= 0.6 is 0 Å². The van der Waals surface area contributed by atoms with Crippen molar-refractivity contribution in [2.45, 2.75) is 25.7 Å². The van der Waals surface area contributed by atoms with Crippen LogP contribution in [0.15, 0.2) is 0 Å². The van der Waals surface area contributed by atoms with Crippen LogP contribution in [0.3, 0.4) is 0 Å². The van der Waals surface area contributed by atoms with E-state index in [1.165, 1.54) is 4.90 Å². The van der Waals surface area contributed by atoms with Gasteiger partial charge in [-0.1, -0.05) is 12.8 Å². The molecule has 2 saturated heterocycles. The molecule has 6 heteroatoms. The monoisotopic (exact) mass is 280 g/mol.